The first-order valence-corrected chi connectivity index (χ1v) is 7.69. The lowest BCUT2D eigenvalue weighted by atomic mass is 9.92. The quantitative estimate of drug-likeness (QED) is 0.577. The number of hydrogen-bond acceptors (Lipinski definition) is 2. The Hall–Kier alpha value is -2.65. The fourth-order valence-corrected chi connectivity index (χ4v) is 3.51. The number of rotatable bonds is 4. The van der Waals surface area contributed by atoms with E-state index in [0.29, 0.717) is 6.54 Å². The van der Waals surface area contributed by atoms with E-state index in [4.69, 9.17) is 5.11 Å². The zero-order valence-electron chi connectivity index (χ0n) is 12.9. The van der Waals surface area contributed by atoms with Gasteiger partial charge in [0.05, 0.1) is 6.54 Å². The maximum Gasteiger partial charge on any atom is 0.317 e. The Bertz CT molecular complexity index is 1010. The lowest BCUT2D eigenvalue weighted by Crippen LogP contribution is -2.25. The van der Waals surface area contributed by atoms with Gasteiger partial charge in [0, 0.05) is 6.54 Å². The maximum absolute atomic E-state index is 10.9. The number of likely N-dealkylation sites (N-methyl/N-ethyl adjacent to an activating group) is 1. The smallest absolute Gasteiger partial charge is 0.317 e. The lowest BCUT2D eigenvalue weighted by molar-refractivity contribution is -0.138. The molecule has 1 N–H and O–H groups in total. The molecular weight excluding hydrogens is 286 g/mol. The Labute approximate surface area is 134 Å². The summed E-state index contributed by atoms with van der Waals surface area (Å²) in [5.74, 6) is -0.801. The first kappa shape index (κ1) is 14.0. The highest BCUT2D eigenvalue weighted by molar-refractivity contribution is 6.23. The second-order valence-corrected chi connectivity index (χ2v) is 6.15. The van der Waals surface area contributed by atoms with Crippen molar-refractivity contribution in [3.05, 3.63) is 60.2 Å². The van der Waals surface area contributed by atoms with Crippen LogP contribution in [0.2, 0.25) is 0 Å². The summed E-state index contributed by atoms with van der Waals surface area (Å²) >= 11 is 0. The first-order chi connectivity index (χ1) is 11.1. The van der Waals surface area contributed by atoms with Gasteiger partial charge in [0.15, 0.2) is 0 Å². The van der Waals surface area contributed by atoms with Crippen LogP contribution in [0, 0.1) is 0 Å². The summed E-state index contributed by atoms with van der Waals surface area (Å²) in [6.07, 6.45) is 0. The minimum absolute atomic E-state index is 0.0436. The highest BCUT2D eigenvalue weighted by Gasteiger charge is 2.12. The highest BCUT2D eigenvalue weighted by atomic mass is 16.4. The molecule has 0 saturated heterocycles. The van der Waals surface area contributed by atoms with Gasteiger partial charge in [0.25, 0.3) is 0 Å². The molecule has 3 heteroatoms. The van der Waals surface area contributed by atoms with Gasteiger partial charge in [0.1, 0.15) is 0 Å². The van der Waals surface area contributed by atoms with Crippen molar-refractivity contribution in [3.63, 3.8) is 0 Å². The van der Waals surface area contributed by atoms with Crippen molar-refractivity contribution in [2.45, 2.75) is 6.54 Å². The molecule has 4 aromatic rings. The number of carboxylic acid groups (broad SMARTS) is 1. The molecule has 0 aliphatic carbocycles. The molecule has 0 bridgehead atoms. The van der Waals surface area contributed by atoms with Crippen molar-refractivity contribution >= 4 is 38.3 Å². The molecule has 0 radical (unpaired) electrons. The van der Waals surface area contributed by atoms with Gasteiger partial charge in [-0.05, 0) is 44.9 Å². The van der Waals surface area contributed by atoms with Gasteiger partial charge in [0.2, 0.25) is 0 Å². The van der Waals surface area contributed by atoms with Crippen molar-refractivity contribution in [1.82, 2.24) is 4.90 Å². The molecular formula is C20H17NO2. The second-order valence-electron chi connectivity index (χ2n) is 6.15. The normalized spacial score (nSPS) is 11.9. The molecule has 114 valence electrons. The number of benzene rings is 4. The molecule has 4 rings (SSSR count). The van der Waals surface area contributed by atoms with Gasteiger partial charge in [-0.2, -0.15) is 0 Å². The Kier molecular flexibility index (Phi) is 3.17. The van der Waals surface area contributed by atoms with Crippen molar-refractivity contribution in [1.29, 1.82) is 0 Å². The number of carbonyl (C=O) groups is 1. The molecule has 23 heavy (non-hydrogen) atoms. The van der Waals surface area contributed by atoms with Crippen LogP contribution in [-0.4, -0.2) is 29.6 Å². The van der Waals surface area contributed by atoms with Crippen LogP contribution in [0.3, 0.4) is 0 Å². The van der Waals surface area contributed by atoms with E-state index in [1.807, 2.05) is 11.9 Å². The maximum atomic E-state index is 10.9. The van der Waals surface area contributed by atoms with E-state index in [9.17, 15) is 4.79 Å². The van der Waals surface area contributed by atoms with Crippen LogP contribution in [0.15, 0.2) is 54.6 Å². The average Bonchev–Trinajstić information content (AvgIpc) is 2.53. The fourth-order valence-electron chi connectivity index (χ4n) is 3.51. The standard InChI is InChI=1S/C20H17NO2/c1-21(12-18(22)23)11-16-8-7-15-6-5-13-3-2-4-14-9-10-17(16)20(15)19(13)14/h2-10H,11-12H2,1H3,(H,22,23). The van der Waals surface area contributed by atoms with E-state index in [2.05, 4.69) is 54.6 Å². The van der Waals surface area contributed by atoms with Gasteiger partial charge in [-0.15, -0.1) is 0 Å². The molecule has 0 heterocycles. The van der Waals surface area contributed by atoms with Crippen LogP contribution >= 0.6 is 0 Å². The van der Waals surface area contributed by atoms with Crippen LogP contribution in [0.4, 0.5) is 0 Å². The van der Waals surface area contributed by atoms with Crippen molar-refractivity contribution in [3.8, 4) is 0 Å². The van der Waals surface area contributed by atoms with E-state index in [1.165, 1.54) is 37.9 Å². The Morgan fingerprint density at radius 3 is 2.22 bits per heavy atom. The van der Waals surface area contributed by atoms with Crippen LogP contribution in [0.5, 0.6) is 0 Å². The lowest BCUT2D eigenvalue weighted by Gasteiger charge is -2.18. The monoisotopic (exact) mass is 303 g/mol. The largest absolute Gasteiger partial charge is 0.480 e. The van der Waals surface area contributed by atoms with E-state index >= 15 is 0 Å². The second kappa shape index (κ2) is 5.21. The molecule has 0 aliphatic heterocycles. The van der Waals surface area contributed by atoms with Crippen LogP contribution in [0.25, 0.3) is 32.3 Å². The third-order valence-electron chi connectivity index (χ3n) is 4.46. The van der Waals surface area contributed by atoms with Crippen molar-refractivity contribution in [2.24, 2.45) is 0 Å². The predicted molar refractivity (Wildman–Crippen MR) is 94.1 cm³/mol. The van der Waals surface area contributed by atoms with Crippen LogP contribution in [-0.2, 0) is 11.3 Å². The van der Waals surface area contributed by atoms with Gasteiger partial charge in [-0.1, -0.05) is 54.6 Å². The zero-order valence-corrected chi connectivity index (χ0v) is 12.9. The van der Waals surface area contributed by atoms with E-state index < -0.39 is 5.97 Å². The Morgan fingerprint density at radius 2 is 1.52 bits per heavy atom. The summed E-state index contributed by atoms with van der Waals surface area (Å²) in [5, 5.41) is 16.5. The van der Waals surface area contributed by atoms with Gasteiger partial charge in [-0.25, -0.2) is 0 Å². The molecule has 0 atom stereocenters. The Morgan fingerprint density at radius 1 is 0.913 bits per heavy atom. The predicted octanol–water partition coefficient (Wildman–Crippen LogP) is 4.10. The third kappa shape index (κ3) is 2.30. The summed E-state index contributed by atoms with van der Waals surface area (Å²) in [5.41, 5.74) is 1.17. The molecule has 0 unspecified atom stereocenters. The molecule has 0 aliphatic rings. The molecule has 0 saturated carbocycles. The number of aliphatic carboxylic acids is 1. The highest BCUT2D eigenvalue weighted by Crippen LogP contribution is 2.36. The fraction of sp³-hybridized carbons (Fsp3) is 0.150. The molecule has 3 nitrogen and oxygen atoms in total. The summed E-state index contributed by atoms with van der Waals surface area (Å²) in [7, 11) is 1.84. The zero-order chi connectivity index (χ0) is 16.0. The van der Waals surface area contributed by atoms with E-state index in [0.717, 1.165) is 0 Å². The third-order valence-corrected chi connectivity index (χ3v) is 4.46. The molecule has 0 spiro atoms. The van der Waals surface area contributed by atoms with Crippen LogP contribution in [0.1, 0.15) is 5.56 Å². The van der Waals surface area contributed by atoms with Crippen molar-refractivity contribution in [2.75, 3.05) is 13.6 Å². The minimum Gasteiger partial charge on any atom is -0.480 e. The number of carboxylic acids is 1. The summed E-state index contributed by atoms with van der Waals surface area (Å²) in [6.45, 7) is 0.669. The van der Waals surface area contributed by atoms with E-state index in [-0.39, 0.29) is 6.54 Å². The SMILES string of the molecule is CN(CC(=O)O)Cc1ccc2ccc3cccc4ccc1c2c34. The average molecular weight is 303 g/mol. The molecule has 0 amide bonds. The summed E-state index contributed by atoms with van der Waals surface area (Å²) in [6, 6.07) is 19.3. The Balaban J connectivity index is 1.94. The number of nitrogens with zero attached hydrogens (tertiary/aromatic N) is 1. The topological polar surface area (TPSA) is 40.5 Å². The first-order valence-electron chi connectivity index (χ1n) is 7.69. The van der Waals surface area contributed by atoms with E-state index in [1.54, 1.807) is 0 Å². The van der Waals surface area contributed by atoms with Gasteiger partial charge < -0.3 is 5.11 Å². The molecule has 0 fully saturated rings. The van der Waals surface area contributed by atoms with Gasteiger partial charge >= 0.3 is 5.97 Å². The van der Waals surface area contributed by atoms with Crippen molar-refractivity contribution < 1.29 is 9.90 Å². The molecule has 4 aromatic carbocycles. The van der Waals surface area contributed by atoms with Gasteiger partial charge in [-0.3, -0.25) is 9.69 Å². The minimum atomic E-state index is -0.801. The molecule has 0 aromatic heterocycles. The summed E-state index contributed by atoms with van der Waals surface area (Å²) in [4.78, 5) is 12.7. The summed E-state index contributed by atoms with van der Waals surface area (Å²) < 4.78 is 0. The number of hydrogen-bond donors (Lipinski definition) is 1. The van der Waals surface area contributed by atoms with Crippen LogP contribution < -0.4 is 0 Å².